The van der Waals surface area contributed by atoms with Gasteiger partial charge in [0.25, 0.3) is 5.91 Å². The maximum atomic E-state index is 14.0. The second kappa shape index (κ2) is 8.67. The van der Waals surface area contributed by atoms with E-state index in [4.69, 9.17) is 11.6 Å². The van der Waals surface area contributed by atoms with Crippen molar-refractivity contribution in [2.75, 3.05) is 10.6 Å². The van der Waals surface area contributed by atoms with Crippen LogP contribution in [0.1, 0.15) is 10.4 Å². The molecular weight excluding hydrogens is 405 g/mol. The second-order valence-corrected chi connectivity index (χ2v) is 6.68. The zero-order valence-electron chi connectivity index (χ0n) is 15.5. The van der Waals surface area contributed by atoms with Crippen LogP contribution in [0.5, 0.6) is 0 Å². The number of aromatic nitrogens is 3. The topological polar surface area (TPSA) is 79.8 Å². The van der Waals surface area contributed by atoms with Crippen molar-refractivity contribution in [2.45, 2.75) is 0 Å². The van der Waals surface area contributed by atoms with E-state index in [-0.39, 0.29) is 11.7 Å². The van der Waals surface area contributed by atoms with Crippen LogP contribution < -0.4 is 10.6 Å². The molecule has 0 fully saturated rings. The van der Waals surface area contributed by atoms with Gasteiger partial charge >= 0.3 is 0 Å². The van der Waals surface area contributed by atoms with Gasteiger partial charge in [0, 0.05) is 29.1 Å². The number of anilines is 3. The molecule has 30 heavy (non-hydrogen) atoms. The number of hydrogen-bond donors (Lipinski definition) is 2. The van der Waals surface area contributed by atoms with Crippen LogP contribution in [0, 0.1) is 5.82 Å². The third kappa shape index (κ3) is 4.59. The van der Waals surface area contributed by atoms with Crippen molar-refractivity contribution in [2.24, 2.45) is 0 Å². The molecule has 0 unspecified atom stereocenters. The lowest BCUT2D eigenvalue weighted by molar-refractivity contribution is 0.102. The Morgan fingerprint density at radius 2 is 1.83 bits per heavy atom. The van der Waals surface area contributed by atoms with Crippen LogP contribution in [0.25, 0.3) is 11.1 Å². The molecule has 0 saturated heterocycles. The Morgan fingerprint density at radius 1 is 0.967 bits per heavy atom. The minimum Gasteiger partial charge on any atom is -0.325 e. The molecule has 6 nitrogen and oxygen atoms in total. The summed E-state index contributed by atoms with van der Waals surface area (Å²) in [6, 6.07) is 16.4. The maximum absolute atomic E-state index is 14.0. The molecule has 148 valence electrons. The smallest absolute Gasteiger partial charge is 0.255 e. The van der Waals surface area contributed by atoms with Gasteiger partial charge in [-0.05, 0) is 36.4 Å². The summed E-state index contributed by atoms with van der Waals surface area (Å²) in [5.74, 6) is 0.235. The van der Waals surface area contributed by atoms with E-state index < -0.39 is 0 Å². The lowest BCUT2D eigenvalue weighted by Crippen LogP contribution is -2.12. The van der Waals surface area contributed by atoms with Crippen molar-refractivity contribution in [1.29, 1.82) is 0 Å². The Bertz CT molecular complexity index is 1220. The predicted octanol–water partition coefficient (Wildman–Crippen LogP) is 5.33. The molecule has 8 heteroatoms. The Kier molecular flexibility index (Phi) is 5.63. The standard InChI is InChI=1S/C22H15ClFN5O/c23-19-6-3-7-20(28-19)29-21-11-14(8-9-26-21)22(30)27-16-10-15(12-25-13-16)17-4-1-2-5-18(17)24/h1-13H,(H,27,30)(H,26,28,29). The summed E-state index contributed by atoms with van der Waals surface area (Å²) in [5.41, 5.74) is 1.80. The maximum Gasteiger partial charge on any atom is 0.255 e. The first-order valence-corrected chi connectivity index (χ1v) is 9.33. The van der Waals surface area contributed by atoms with E-state index in [1.807, 2.05) is 0 Å². The molecule has 0 bridgehead atoms. The van der Waals surface area contributed by atoms with Crippen molar-refractivity contribution < 1.29 is 9.18 Å². The van der Waals surface area contributed by atoms with Crippen LogP contribution in [0.2, 0.25) is 5.15 Å². The van der Waals surface area contributed by atoms with Crippen LogP contribution >= 0.6 is 11.6 Å². The van der Waals surface area contributed by atoms with Crippen LogP contribution in [-0.4, -0.2) is 20.9 Å². The number of hydrogen-bond acceptors (Lipinski definition) is 5. The largest absolute Gasteiger partial charge is 0.325 e. The molecule has 3 aromatic heterocycles. The van der Waals surface area contributed by atoms with Crippen molar-refractivity contribution in [3.63, 3.8) is 0 Å². The summed E-state index contributed by atoms with van der Waals surface area (Å²) in [5, 5.41) is 6.12. The van der Waals surface area contributed by atoms with Crippen molar-refractivity contribution in [3.8, 4) is 11.1 Å². The monoisotopic (exact) mass is 419 g/mol. The van der Waals surface area contributed by atoms with E-state index >= 15 is 0 Å². The van der Waals surface area contributed by atoms with Gasteiger partial charge in [-0.1, -0.05) is 35.9 Å². The van der Waals surface area contributed by atoms with Gasteiger partial charge in [0.1, 0.15) is 22.6 Å². The zero-order chi connectivity index (χ0) is 20.9. The summed E-state index contributed by atoms with van der Waals surface area (Å²) >= 11 is 5.88. The van der Waals surface area contributed by atoms with Gasteiger partial charge in [0.2, 0.25) is 0 Å². The van der Waals surface area contributed by atoms with Crippen LogP contribution in [0.4, 0.5) is 21.7 Å². The van der Waals surface area contributed by atoms with Crippen LogP contribution in [-0.2, 0) is 0 Å². The Labute approximate surface area is 176 Å². The minimum atomic E-state index is -0.359. The number of amides is 1. The first-order valence-electron chi connectivity index (χ1n) is 8.95. The number of nitrogens with one attached hydrogen (secondary N) is 2. The Morgan fingerprint density at radius 3 is 2.67 bits per heavy atom. The molecule has 4 aromatic rings. The fourth-order valence-corrected chi connectivity index (χ4v) is 2.97. The van der Waals surface area contributed by atoms with Gasteiger partial charge in [-0.15, -0.1) is 0 Å². The molecule has 0 radical (unpaired) electrons. The van der Waals surface area contributed by atoms with E-state index in [0.29, 0.717) is 39.2 Å². The molecule has 0 spiro atoms. The van der Waals surface area contributed by atoms with Gasteiger partial charge in [0.05, 0.1) is 11.9 Å². The highest BCUT2D eigenvalue weighted by Gasteiger charge is 2.10. The van der Waals surface area contributed by atoms with Gasteiger partial charge in [-0.2, -0.15) is 0 Å². The van der Waals surface area contributed by atoms with E-state index in [9.17, 15) is 9.18 Å². The summed E-state index contributed by atoms with van der Waals surface area (Å²) in [6.45, 7) is 0. The van der Waals surface area contributed by atoms with Crippen LogP contribution in [0.3, 0.4) is 0 Å². The molecule has 0 aliphatic heterocycles. The number of carbonyl (C=O) groups excluding carboxylic acids is 1. The number of rotatable bonds is 5. The van der Waals surface area contributed by atoms with E-state index in [2.05, 4.69) is 25.6 Å². The molecule has 0 atom stereocenters. The summed E-state index contributed by atoms with van der Waals surface area (Å²) in [7, 11) is 0. The third-order valence-electron chi connectivity index (χ3n) is 4.17. The lowest BCUT2D eigenvalue weighted by atomic mass is 10.1. The molecule has 1 aromatic carbocycles. The summed E-state index contributed by atoms with van der Waals surface area (Å²) in [4.78, 5) is 25.1. The molecule has 0 saturated carbocycles. The second-order valence-electron chi connectivity index (χ2n) is 6.30. The van der Waals surface area contributed by atoms with E-state index in [1.54, 1.807) is 60.8 Å². The number of benzene rings is 1. The fraction of sp³-hybridized carbons (Fsp3) is 0. The molecule has 3 heterocycles. The van der Waals surface area contributed by atoms with Crippen molar-refractivity contribution in [1.82, 2.24) is 15.0 Å². The highest BCUT2D eigenvalue weighted by atomic mass is 35.5. The quantitative estimate of drug-likeness (QED) is 0.427. The summed E-state index contributed by atoms with van der Waals surface area (Å²) in [6.07, 6.45) is 4.55. The normalized spacial score (nSPS) is 10.5. The first-order chi connectivity index (χ1) is 14.6. The van der Waals surface area contributed by atoms with Crippen LogP contribution in [0.15, 0.2) is 79.3 Å². The van der Waals surface area contributed by atoms with E-state index in [1.165, 1.54) is 18.5 Å². The molecular formula is C22H15ClFN5O. The Balaban J connectivity index is 1.52. The molecule has 0 aliphatic carbocycles. The van der Waals surface area contributed by atoms with Gasteiger partial charge in [-0.3, -0.25) is 9.78 Å². The van der Waals surface area contributed by atoms with Crippen molar-refractivity contribution >= 4 is 34.8 Å². The zero-order valence-corrected chi connectivity index (χ0v) is 16.3. The highest BCUT2D eigenvalue weighted by Crippen LogP contribution is 2.24. The average molecular weight is 420 g/mol. The molecule has 1 amide bonds. The first kappa shape index (κ1) is 19.5. The minimum absolute atomic E-state index is 0.344. The lowest BCUT2D eigenvalue weighted by Gasteiger charge is -2.09. The van der Waals surface area contributed by atoms with Gasteiger partial charge < -0.3 is 10.6 Å². The SMILES string of the molecule is O=C(Nc1cncc(-c2ccccc2F)c1)c1ccnc(Nc2cccc(Cl)n2)c1. The third-order valence-corrected chi connectivity index (χ3v) is 4.38. The molecule has 0 aliphatic rings. The van der Waals surface area contributed by atoms with Crippen molar-refractivity contribution in [3.05, 3.63) is 95.8 Å². The summed E-state index contributed by atoms with van der Waals surface area (Å²) < 4.78 is 14.0. The molecule has 4 rings (SSSR count). The average Bonchev–Trinajstić information content (AvgIpc) is 2.74. The van der Waals surface area contributed by atoms with E-state index in [0.717, 1.165) is 0 Å². The number of nitrogens with zero attached hydrogens (tertiary/aromatic N) is 3. The number of pyridine rings is 3. The highest BCUT2D eigenvalue weighted by molar-refractivity contribution is 6.29. The predicted molar refractivity (Wildman–Crippen MR) is 114 cm³/mol. The van der Waals surface area contributed by atoms with Gasteiger partial charge in [-0.25, -0.2) is 14.4 Å². The fourth-order valence-electron chi connectivity index (χ4n) is 2.80. The number of carbonyl (C=O) groups is 1. The Hall–Kier alpha value is -3.84. The van der Waals surface area contributed by atoms with Gasteiger partial charge in [0.15, 0.2) is 0 Å². The number of halogens is 2. The molecule has 2 N–H and O–H groups in total.